The number of aromatic nitrogens is 3. The lowest BCUT2D eigenvalue weighted by Gasteiger charge is -2.15. The molecule has 7 nitrogen and oxygen atoms in total. The predicted octanol–water partition coefficient (Wildman–Crippen LogP) is 2.77. The average molecular weight is 352 g/mol. The molecule has 0 saturated carbocycles. The number of pyridine rings is 1. The molecule has 1 N–H and O–H groups in total. The fraction of sp³-hybridized carbons (Fsp3) is 0.263. The van der Waals surface area contributed by atoms with Gasteiger partial charge in [0, 0.05) is 24.2 Å². The molecular formula is C19H20N4O3. The summed E-state index contributed by atoms with van der Waals surface area (Å²) in [5, 5.41) is 4.04. The van der Waals surface area contributed by atoms with Crippen LogP contribution < -0.4 is 10.9 Å². The highest BCUT2D eigenvalue weighted by Crippen LogP contribution is 2.19. The first kappa shape index (κ1) is 17.6. The Morgan fingerprint density at radius 2 is 1.96 bits per heavy atom. The van der Waals surface area contributed by atoms with Gasteiger partial charge in [-0.15, -0.1) is 0 Å². The molecule has 3 rings (SSSR count). The van der Waals surface area contributed by atoms with Gasteiger partial charge in [0.15, 0.2) is 0 Å². The average Bonchev–Trinajstić information content (AvgIpc) is 2.67. The number of carbonyl (C=O) groups excluding carboxylic acids is 1. The molecule has 0 aliphatic carbocycles. The SMILES string of the molecule is CCn1c(=O)ccc2cnc(N[C@@H](C)c3ccc(C(=O)OC)cc3)nc21. The van der Waals surface area contributed by atoms with E-state index in [0.29, 0.717) is 23.7 Å². The van der Waals surface area contributed by atoms with E-state index in [0.717, 1.165) is 10.9 Å². The van der Waals surface area contributed by atoms with Gasteiger partial charge in [0.1, 0.15) is 5.65 Å². The van der Waals surface area contributed by atoms with Crippen LogP contribution in [0.4, 0.5) is 5.95 Å². The Balaban J connectivity index is 1.86. The van der Waals surface area contributed by atoms with E-state index in [4.69, 9.17) is 4.74 Å². The Morgan fingerprint density at radius 3 is 2.62 bits per heavy atom. The Morgan fingerprint density at radius 1 is 1.23 bits per heavy atom. The molecule has 3 aromatic rings. The lowest BCUT2D eigenvalue weighted by atomic mass is 10.1. The van der Waals surface area contributed by atoms with Crippen molar-refractivity contribution < 1.29 is 9.53 Å². The standard InChI is InChI=1S/C19H20N4O3/c1-4-23-16(24)10-9-15-11-20-19(22-17(15)23)21-12(2)13-5-7-14(8-6-13)18(25)26-3/h5-12H,4H2,1-3H3,(H,20,21,22)/t12-/m0/s1. The van der Waals surface area contributed by atoms with Gasteiger partial charge in [-0.3, -0.25) is 9.36 Å². The van der Waals surface area contributed by atoms with Crippen LogP contribution in [0.3, 0.4) is 0 Å². The van der Waals surface area contributed by atoms with Crippen LogP contribution in [-0.2, 0) is 11.3 Å². The van der Waals surface area contributed by atoms with E-state index in [2.05, 4.69) is 15.3 Å². The van der Waals surface area contributed by atoms with Gasteiger partial charge in [-0.25, -0.2) is 9.78 Å². The second-order valence-corrected chi connectivity index (χ2v) is 5.87. The Bertz CT molecular complexity index is 996. The van der Waals surface area contributed by atoms with Gasteiger partial charge >= 0.3 is 5.97 Å². The molecule has 0 aliphatic heterocycles. The first-order valence-electron chi connectivity index (χ1n) is 8.35. The number of anilines is 1. The molecule has 0 bridgehead atoms. The second kappa shape index (κ2) is 7.35. The number of rotatable bonds is 5. The zero-order valence-electron chi connectivity index (χ0n) is 14.9. The third-order valence-electron chi connectivity index (χ3n) is 4.22. The fourth-order valence-electron chi connectivity index (χ4n) is 2.75. The topological polar surface area (TPSA) is 86.1 Å². The van der Waals surface area contributed by atoms with E-state index in [9.17, 15) is 9.59 Å². The van der Waals surface area contributed by atoms with Gasteiger partial charge in [0.25, 0.3) is 5.56 Å². The Hall–Kier alpha value is -3.22. The number of ether oxygens (including phenoxy) is 1. The van der Waals surface area contributed by atoms with Crippen molar-refractivity contribution in [3.8, 4) is 0 Å². The summed E-state index contributed by atoms with van der Waals surface area (Å²) in [5.74, 6) is 0.0717. The van der Waals surface area contributed by atoms with Gasteiger partial charge < -0.3 is 10.1 Å². The lowest BCUT2D eigenvalue weighted by molar-refractivity contribution is 0.0600. The highest BCUT2D eigenvalue weighted by molar-refractivity contribution is 5.89. The van der Waals surface area contributed by atoms with Crippen molar-refractivity contribution in [1.82, 2.24) is 14.5 Å². The minimum Gasteiger partial charge on any atom is -0.465 e. The number of benzene rings is 1. The van der Waals surface area contributed by atoms with Crippen LogP contribution >= 0.6 is 0 Å². The number of methoxy groups -OCH3 is 1. The molecule has 134 valence electrons. The maximum Gasteiger partial charge on any atom is 0.337 e. The van der Waals surface area contributed by atoms with Crippen LogP contribution in [0, 0.1) is 0 Å². The summed E-state index contributed by atoms with van der Waals surface area (Å²) in [6.07, 6.45) is 1.70. The van der Waals surface area contributed by atoms with Crippen LogP contribution in [0.2, 0.25) is 0 Å². The Kier molecular flexibility index (Phi) is 4.97. The molecule has 2 heterocycles. The van der Waals surface area contributed by atoms with Gasteiger partial charge in [0.05, 0.1) is 18.7 Å². The van der Waals surface area contributed by atoms with Crippen molar-refractivity contribution in [2.45, 2.75) is 26.4 Å². The maximum absolute atomic E-state index is 12.0. The summed E-state index contributed by atoms with van der Waals surface area (Å²) in [5.41, 5.74) is 1.99. The molecule has 0 fully saturated rings. The molecule has 0 spiro atoms. The van der Waals surface area contributed by atoms with E-state index >= 15 is 0 Å². The monoisotopic (exact) mass is 352 g/mol. The summed E-state index contributed by atoms with van der Waals surface area (Å²) >= 11 is 0. The van der Waals surface area contributed by atoms with E-state index in [1.54, 1.807) is 29.0 Å². The number of hydrogen-bond donors (Lipinski definition) is 1. The van der Waals surface area contributed by atoms with Crippen molar-refractivity contribution in [3.05, 3.63) is 64.1 Å². The summed E-state index contributed by atoms with van der Waals surface area (Å²) in [6, 6.07) is 10.3. The molecule has 7 heteroatoms. The first-order valence-corrected chi connectivity index (χ1v) is 8.35. The molecule has 2 aromatic heterocycles. The molecular weight excluding hydrogens is 332 g/mol. The number of aryl methyl sites for hydroxylation is 1. The minimum absolute atomic E-state index is 0.0790. The first-order chi connectivity index (χ1) is 12.5. The van der Waals surface area contributed by atoms with E-state index in [-0.39, 0.29) is 17.6 Å². The normalized spacial score (nSPS) is 12.0. The number of nitrogens with zero attached hydrogens (tertiary/aromatic N) is 3. The third-order valence-corrected chi connectivity index (χ3v) is 4.22. The zero-order valence-corrected chi connectivity index (χ0v) is 14.9. The van der Waals surface area contributed by atoms with Crippen molar-refractivity contribution in [3.63, 3.8) is 0 Å². The van der Waals surface area contributed by atoms with Crippen molar-refractivity contribution in [2.75, 3.05) is 12.4 Å². The van der Waals surface area contributed by atoms with Gasteiger partial charge in [0.2, 0.25) is 5.95 Å². The minimum atomic E-state index is -0.368. The quantitative estimate of drug-likeness (QED) is 0.711. The van der Waals surface area contributed by atoms with E-state index < -0.39 is 0 Å². The van der Waals surface area contributed by atoms with Crippen molar-refractivity contribution >= 4 is 23.0 Å². The third kappa shape index (κ3) is 3.42. The number of fused-ring (bicyclic) bond motifs is 1. The fourth-order valence-corrected chi connectivity index (χ4v) is 2.75. The molecule has 1 aromatic carbocycles. The van der Waals surface area contributed by atoms with E-state index in [1.807, 2.05) is 26.0 Å². The van der Waals surface area contributed by atoms with Crippen LogP contribution in [0.25, 0.3) is 11.0 Å². The highest BCUT2D eigenvalue weighted by Gasteiger charge is 2.11. The van der Waals surface area contributed by atoms with Crippen LogP contribution in [0.1, 0.15) is 35.8 Å². The molecule has 0 radical (unpaired) electrons. The molecule has 0 saturated heterocycles. The van der Waals surface area contributed by atoms with Gasteiger partial charge in [-0.05, 0) is 37.6 Å². The van der Waals surface area contributed by atoms with Gasteiger partial charge in [-0.2, -0.15) is 4.98 Å². The van der Waals surface area contributed by atoms with Gasteiger partial charge in [-0.1, -0.05) is 12.1 Å². The summed E-state index contributed by atoms with van der Waals surface area (Å²) in [7, 11) is 1.35. The maximum atomic E-state index is 12.0. The molecule has 0 aliphatic rings. The Labute approximate surface area is 150 Å². The number of hydrogen-bond acceptors (Lipinski definition) is 6. The molecule has 26 heavy (non-hydrogen) atoms. The van der Waals surface area contributed by atoms with Crippen LogP contribution in [0.15, 0.2) is 47.4 Å². The van der Waals surface area contributed by atoms with Crippen molar-refractivity contribution in [1.29, 1.82) is 0 Å². The molecule has 1 atom stereocenters. The zero-order chi connectivity index (χ0) is 18.7. The molecule has 0 unspecified atom stereocenters. The van der Waals surface area contributed by atoms with E-state index in [1.165, 1.54) is 13.2 Å². The van der Waals surface area contributed by atoms with Crippen LogP contribution in [0.5, 0.6) is 0 Å². The largest absolute Gasteiger partial charge is 0.465 e. The van der Waals surface area contributed by atoms with Crippen molar-refractivity contribution in [2.24, 2.45) is 0 Å². The summed E-state index contributed by atoms with van der Waals surface area (Å²) in [4.78, 5) is 32.3. The lowest BCUT2D eigenvalue weighted by Crippen LogP contribution is -2.19. The number of esters is 1. The number of nitrogens with one attached hydrogen (secondary N) is 1. The predicted molar refractivity (Wildman–Crippen MR) is 99.3 cm³/mol. The second-order valence-electron chi connectivity index (χ2n) is 5.87. The highest BCUT2D eigenvalue weighted by atomic mass is 16.5. The summed E-state index contributed by atoms with van der Waals surface area (Å²) < 4.78 is 6.31. The molecule has 0 amide bonds. The summed E-state index contributed by atoms with van der Waals surface area (Å²) in [6.45, 7) is 4.41. The number of carbonyl (C=O) groups is 1. The van der Waals surface area contributed by atoms with Crippen LogP contribution in [-0.4, -0.2) is 27.6 Å². The smallest absolute Gasteiger partial charge is 0.337 e.